The molecule has 0 fully saturated rings. The Morgan fingerprint density at radius 1 is 0.500 bits per heavy atom. The average Bonchev–Trinajstić information content (AvgIpc) is 2.62. The van der Waals surface area contributed by atoms with E-state index in [0.29, 0.717) is 0 Å². The second-order valence-electron chi connectivity index (χ2n) is 10.8. The largest absolute Gasteiger partial charge is 0.331 e. The number of hydrogen-bond donors (Lipinski definition) is 0. The summed E-state index contributed by atoms with van der Waals surface area (Å²) in [5.74, 6) is 0. The van der Waals surface area contributed by atoms with Gasteiger partial charge in [-0.1, -0.05) is 117 Å². The summed E-state index contributed by atoms with van der Waals surface area (Å²) in [6.45, 7) is 21.5. The van der Waals surface area contributed by atoms with Crippen molar-refractivity contribution in [3.05, 3.63) is 0 Å². The van der Waals surface area contributed by atoms with E-state index in [1.807, 2.05) is 0 Å². The molecule has 0 N–H and O–H groups in total. The van der Waals surface area contributed by atoms with Crippen LogP contribution in [-0.2, 0) is 13.6 Å². The van der Waals surface area contributed by atoms with Gasteiger partial charge in [-0.25, -0.2) is 0 Å². The molecule has 0 aromatic rings. The third-order valence-corrected chi connectivity index (χ3v) is 15.0. The highest BCUT2D eigenvalue weighted by Crippen LogP contribution is 2.42. The van der Waals surface area contributed by atoms with E-state index in [1.165, 1.54) is 56.7 Å². The molecule has 28 heavy (non-hydrogen) atoms. The normalized spacial score (nSPS) is 13.5. The minimum Gasteiger partial charge on any atom is -0.316 e. The lowest BCUT2D eigenvalue weighted by Gasteiger charge is -2.29. The molecule has 0 aromatic carbocycles. The van der Waals surface area contributed by atoms with Gasteiger partial charge in [-0.3, -0.25) is 0 Å². The Balaban J connectivity index is 4.76. The van der Waals surface area contributed by atoms with E-state index in [-0.39, 0.29) is 0 Å². The zero-order valence-corrected chi connectivity index (χ0v) is 24.6. The molecule has 0 aliphatic heterocycles. The summed E-state index contributed by atoms with van der Waals surface area (Å²) in [4.78, 5) is 0. The average molecular weight is 467 g/mol. The van der Waals surface area contributed by atoms with Crippen LogP contribution < -0.4 is 0 Å². The SMILES string of the molecule is CCCC[Si](C)(C)COP(OC[Si](C)(C)CCCC)OC[Si](C)(C)CCCC. The molecule has 0 saturated carbocycles. The predicted molar refractivity (Wildman–Crippen MR) is 136 cm³/mol. The minimum atomic E-state index is -1.32. The van der Waals surface area contributed by atoms with Crippen molar-refractivity contribution in [2.45, 2.75) is 117 Å². The van der Waals surface area contributed by atoms with Crippen LogP contribution in [-0.4, -0.2) is 42.9 Å². The molecule has 0 unspecified atom stereocenters. The summed E-state index contributed by atoms with van der Waals surface area (Å²) in [6.07, 6.45) is 10.4. The lowest BCUT2D eigenvalue weighted by Crippen LogP contribution is -2.35. The molecule has 0 bridgehead atoms. The Kier molecular flexibility index (Phi) is 15.4. The maximum Gasteiger partial charge on any atom is 0.331 e. The fraction of sp³-hybridized carbons (Fsp3) is 1.00. The highest BCUT2D eigenvalue weighted by molar-refractivity contribution is 7.42. The van der Waals surface area contributed by atoms with Crippen molar-refractivity contribution >= 4 is 32.8 Å². The van der Waals surface area contributed by atoms with Gasteiger partial charge >= 0.3 is 8.60 Å². The Labute approximate surface area is 181 Å². The van der Waals surface area contributed by atoms with Crippen molar-refractivity contribution in [1.82, 2.24) is 0 Å². The first-order valence-electron chi connectivity index (χ1n) is 11.7. The van der Waals surface area contributed by atoms with Crippen molar-refractivity contribution in [2.24, 2.45) is 0 Å². The number of hydrogen-bond acceptors (Lipinski definition) is 3. The Morgan fingerprint density at radius 2 is 0.750 bits per heavy atom. The van der Waals surface area contributed by atoms with Crippen LogP contribution in [0.25, 0.3) is 0 Å². The molecular formula is C21H51O3PSi3. The summed E-state index contributed by atoms with van der Waals surface area (Å²) in [5, 5.41) is 0. The van der Waals surface area contributed by atoms with E-state index < -0.39 is 32.8 Å². The van der Waals surface area contributed by atoms with Gasteiger partial charge in [0, 0.05) is 18.7 Å². The molecule has 0 spiro atoms. The lowest BCUT2D eigenvalue weighted by atomic mass is 10.4. The summed E-state index contributed by atoms with van der Waals surface area (Å²) in [6, 6.07) is 4.00. The molecule has 0 aliphatic carbocycles. The monoisotopic (exact) mass is 466 g/mol. The number of unbranched alkanes of at least 4 members (excludes halogenated alkanes) is 3. The van der Waals surface area contributed by atoms with Crippen LogP contribution in [0.15, 0.2) is 0 Å². The third-order valence-electron chi connectivity index (χ3n) is 5.30. The van der Waals surface area contributed by atoms with Crippen molar-refractivity contribution in [2.75, 3.05) is 18.7 Å². The third kappa shape index (κ3) is 15.8. The molecule has 7 heteroatoms. The Morgan fingerprint density at radius 3 is 0.964 bits per heavy atom. The van der Waals surface area contributed by atoms with Crippen LogP contribution >= 0.6 is 8.60 Å². The van der Waals surface area contributed by atoms with Crippen LogP contribution in [0.4, 0.5) is 0 Å². The van der Waals surface area contributed by atoms with Gasteiger partial charge in [0.1, 0.15) is 0 Å². The molecule has 0 rings (SSSR count). The van der Waals surface area contributed by atoms with E-state index in [4.69, 9.17) is 13.6 Å². The molecule has 0 radical (unpaired) electrons. The second-order valence-corrected chi connectivity index (χ2v) is 27.4. The van der Waals surface area contributed by atoms with E-state index in [0.717, 1.165) is 18.7 Å². The standard InChI is InChI=1S/C21H51O3PSi3/c1-10-13-16-26(4,5)19-22-25(23-20-27(6,7)17-14-11-2)24-21-28(8,9)18-15-12-3/h10-21H2,1-9H3. The molecule has 0 aromatic heterocycles. The van der Waals surface area contributed by atoms with Gasteiger partial charge in [0.15, 0.2) is 0 Å². The Bertz CT molecular complexity index is 336. The van der Waals surface area contributed by atoms with Crippen LogP contribution in [0.5, 0.6) is 0 Å². The van der Waals surface area contributed by atoms with Gasteiger partial charge in [0.05, 0.1) is 24.2 Å². The predicted octanol–water partition coefficient (Wildman–Crippen LogP) is 8.41. The van der Waals surface area contributed by atoms with E-state index >= 15 is 0 Å². The van der Waals surface area contributed by atoms with E-state index in [1.54, 1.807) is 0 Å². The number of rotatable bonds is 18. The van der Waals surface area contributed by atoms with Gasteiger partial charge < -0.3 is 13.6 Å². The van der Waals surface area contributed by atoms with E-state index in [2.05, 4.69) is 60.1 Å². The molecule has 0 amide bonds. The van der Waals surface area contributed by atoms with Crippen LogP contribution in [0.2, 0.25) is 57.4 Å². The second kappa shape index (κ2) is 14.9. The summed E-state index contributed by atoms with van der Waals surface area (Å²) in [5.41, 5.74) is 0. The first-order chi connectivity index (χ1) is 13.0. The van der Waals surface area contributed by atoms with Crippen molar-refractivity contribution < 1.29 is 13.6 Å². The van der Waals surface area contributed by atoms with Gasteiger partial charge in [0.25, 0.3) is 0 Å². The van der Waals surface area contributed by atoms with Crippen LogP contribution in [0, 0.1) is 0 Å². The fourth-order valence-electron chi connectivity index (χ4n) is 2.98. The van der Waals surface area contributed by atoms with Gasteiger partial charge in [0.2, 0.25) is 0 Å². The summed E-state index contributed by atoms with van der Waals surface area (Å²) < 4.78 is 19.0. The molecule has 0 atom stereocenters. The first kappa shape index (κ1) is 29.0. The van der Waals surface area contributed by atoms with Crippen molar-refractivity contribution in [1.29, 1.82) is 0 Å². The molecule has 0 heterocycles. The zero-order chi connectivity index (χ0) is 21.7. The summed E-state index contributed by atoms with van der Waals surface area (Å²) >= 11 is 0. The van der Waals surface area contributed by atoms with Gasteiger partial charge in [-0.15, -0.1) is 0 Å². The molecule has 170 valence electrons. The summed E-state index contributed by atoms with van der Waals surface area (Å²) in [7, 11) is -5.16. The van der Waals surface area contributed by atoms with E-state index in [9.17, 15) is 0 Å². The van der Waals surface area contributed by atoms with Crippen LogP contribution in [0.1, 0.15) is 59.3 Å². The Hall–Kier alpha value is 0.961. The fourth-order valence-corrected chi connectivity index (χ4v) is 13.0. The van der Waals surface area contributed by atoms with Gasteiger partial charge in [-0.05, 0) is 0 Å². The minimum absolute atomic E-state index is 0.868. The molecule has 3 nitrogen and oxygen atoms in total. The zero-order valence-electron chi connectivity index (χ0n) is 20.7. The molecule has 0 saturated heterocycles. The van der Waals surface area contributed by atoms with Gasteiger partial charge in [-0.2, -0.15) is 0 Å². The lowest BCUT2D eigenvalue weighted by molar-refractivity contribution is 0.206. The maximum atomic E-state index is 6.33. The highest BCUT2D eigenvalue weighted by Gasteiger charge is 2.29. The smallest absolute Gasteiger partial charge is 0.316 e. The quantitative estimate of drug-likeness (QED) is 0.150. The highest BCUT2D eigenvalue weighted by atomic mass is 31.2. The molecule has 0 aliphatic rings. The van der Waals surface area contributed by atoms with Crippen LogP contribution in [0.3, 0.4) is 0 Å². The van der Waals surface area contributed by atoms with Crippen molar-refractivity contribution in [3.8, 4) is 0 Å². The maximum absolute atomic E-state index is 6.33. The molecular weight excluding hydrogens is 415 g/mol. The van der Waals surface area contributed by atoms with Crippen molar-refractivity contribution in [3.63, 3.8) is 0 Å². The first-order valence-corrected chi connectivity index (χ1v) is 23.0. The topological polar surface area (TPSA) is 27.7 Å².